The lowest BCUT2D eigenvalue weighted by molar-refractivity contribution is 0.416. The van der Waals surface area contributed by atoms with Crippen LogP contribution in [0.2, 0.25) is 5.02 Å². The van der Waals surface area contributed by atoms with Crippen molar-refractivity contribution >= 4 is 17.3 Å². The summed E-state index contributed by atoms with van der Waals surface area (Å²) in [6.45, 7) is 3.86. The van der Waals surface area contributed by atoms with E-state index in [-0.39, 0.29) is 0 Å². The Morgan fingerprint density at radius 2 is 2.06 bits per heavy atom. The molecule has 0 atom stereocenters. The van der Waals surface area contributed by atoms with Crippen molar-refractivity contribution in [1.82, 2.24) is 5.32 Å². The second-order valence-corrected chi connectivity index (χ2v) is 4.09. The zero-order valence-corrected chi connectivity index (χ0v) is 10.8. The molecule has 16 heavy (non-hydrogen) atoms. The van der Waals surface area contributed by atoms with Gasteiger partial charge in [-0.15, -0.1) is 0 Å². The molecule has 0 aliphatic heterocycles. The molecule has 0 aliphatic carbocycles. The summed E-state index contributed by atoms with van der Waals surface area (Å²) < 4.78 is 5.30. The Kier molecular flexibility index (Phi) is 5.43. The van der Waals surface area contributed by atoms with Gasteiger partial charge >= 0.3 is 0 Å². The minimum Gasteiger partial charge on any atom is -0.495 e. The van der Waals surface area contributed by atoms with Gasteiger partial charge in [-0.1, -0.05) is 11.6 Å². The molecule has 90 valence electrons. The maximum Gasteiger partial charge on any atom is 0.142 e. The Balaban J connectivity index is 2.66. The van der Waals surface area contributed by atoms with Crippen LogP contribution in [0, 0.1) is 6.92 Å². The van der Waals surface area contributed by atoms with Crippen LogP contribution in [0.3, 0.4) is 0 Å². The standard InChI is InChI=1S/C12H19ClN2O/c1-9-7-12(16-3)11(8-10(9)13)15-6-4-5-14-2/h7-8,14-15H,4-6H2,1-3H3. The van der Waals surface area contributed by atoms with E-state index in [0.717, 1.165) is 41.5 Å². The first-order valence-electron chi connectivity index (χ1n) is 5.41. The molecule has 4 heteroatoms. The van der Waals surface area contributed by atoms with E-state index in [1.165, 1.54) is 0 Å². The first-order chi connectivity index (χ1) is 7.69. The molecule has 0 radical (unpaired) electrons. The highest BCUT2D eigenvalue weighted by Crippen LogP contribution is 2.30. The van der Waals surface area contributed by atoms with Gasteiger partial charge in [-0.05, 0) is 44.6 Å². The predicted octanol–water partition coefficient (Wildman–Crippen LogP) is 2.68. The molecule has 1 aromatic rings. The highest BCUT2D eigenvalue weighted by atomic mass is 35.5. The zero-order chi connectivity index (χ0) is 12.0. The van der Waals surface area contributed by atoms with Gasteiger partial charge in [-0.25, -0.2) is 0 Å². The number of benzene rings is 1. The fraction of sp³-hybridized carbons (Fsp3) is 0.500. The number of rotatable bonds is 6. The third kappa shape index (κ3) is 3.58. The lowest BCUT2D eigenvalue weighted by atomic mass is 10.2. The Hall–Kier alpha value is -0.930. The van der Waals surface area contributed by atoms with E-state index in [0.29, 0.717) is 0 Å². The lowest BCUT2D eigenvalue weighted by Gasteiger charge is -2.12. The highest BCUT2D eigenvalue weighted by molar-refractivity contribution is 6.31. The molecular weight excluding hydrogens is 224 g/mol. The number of ether oxygens (including phenoxy) is 1. The van der Waals surface area contributed by atoms with Gasteiger partial charge in [0, 0.05) is 11.6 Å². The van der Waals surface area contributed by atoms with E-state index in [4.69, 9.17) is 16.3 Å². The minimum absolute atomic E-state index is 0.761. The van der Waals surface area contributed by atoms with Crippen molar-refractivity contribution in [3.63, 3.8) is 0 Å². The molecule has 0 saturated heterocycles. The first-order valence-corrected chi connectivity index (χ1v) is 5.79. The fourth-order valence-electron chi connectivity index (χ4n) is 1.45. The molecule has 0 amide bonds. The quantitative estimate of drug-likeness (QED) is 0.753. The summed E-state index contributed by atoms with van der Waals surface area (Å²) in [5.74, 6) is 0.839. The van der Waals surface area contributed by atoms with E-state index < -0.39 is 0 Å². The van der Waals surface area contributed by atoms with E-state index in [2.05, 4.69) is 10.6 Å². The van der Waals surface area contributed by atoms with Crippen LogP contribution in [0.4, 0.5) is 5.69 Å². The molecule has 0 fully saturated rings. The van der Waals surface area contributed by atoms with E-state index in [1.807, 2.05) is 26.1 Å². The maximum absolute atomic E-state index is 6.07. The molecule has 0 saturated carbocycles. The van der Waals surface area contributed by atoms with Crippen LogP contribution in [-0.2, 0) is 0 Å². The van der Waals surface area contributed by atoms with Crippen LogP contribution in [0.15, 0.2) is 12.1 Å². The van der Waals surface area contributed by atoms with Gasteiger partial charge in [0.05, 0.1) is 12.8 Å². The monoisotopic (exact) mass is 242 g/mol. The van der Waals surface area contributed by atoms with Crippen LogP contribution in [0.25, 0.3) is 0 Å². The van der Waals surface area contributed by atoms with Crippen molar-refractivity contribution in [2.45, 2.75) is 13.3 Å². The Morgan fingerprint density at radius 1 is 1.31 bits per heavy atom. The molecule has 0 unspecified atom stereocenters. The summed E-state index contributed by atoms with van der Waals surface area (Å²) in [5, 5.41) is 7.18. The van der Waals surface area contributed by atoms with Crippen molar-refractivity contribution in [2.75, 3.05) is 32.6 Å². The number of hydrogen-bond acceptors (Lipinski definition) is 3. The second-order valence-electron chi connectivity index (χ2n) is 3.69. The summed E-state index contributed by atoms with van der Waals surface area (Å²) in [6, 6.07) is 3.86. The Morgan fingerprint density at radius 3 is 2.69 bits per heavy atom. The molecule has 0 spiro atoms. The second kappa shape index (κ2) is 6.61. The van der Waals surface area contributed by atoms with Crippen molar-refractivity contribution in [1.29, 1.82) is 0 Å². The predicted molar refractivity (Wildman–Crippen MR) is 69.8 cm³/mol. The maximum atomic E-state index is 6.07. The first kappa shape index (κ1) is 13.1. The van der Waals surface area contributed by atoms with Crippen molar-refractivity contribution < 1.29 is 4.74 Å². The smallest absolute Gasteiger partial charge is 0.142 e. The van der Waals surface area contributed by atoms with Crippen molar-refractivity contribution in [3.05, 3.63) is 22.7 Å². The topological polar surface area (TPSA) is 33.3 Å². The average molecular weight is 243 g/mol. The number of halogens is 1. The Labute approximate surface area is 102 Å². The van der Waals surface area contributed by atoms with Gasteiger partial charge in [0.1, 0.15) is 5.75 Å². The number of methoxy groups -OCH3 is 1. The van der Waals surface area contributed by atoms with E-state index in [1.54, 1.807) is 7.11 Å². The number of nitrogens with one attached hydrogen (secondary N) is 2. The van der Waals surface area contributed by atoms with Crippen molar-refractivity contribution in [2.24, 2.45) is 0 Å². The number of aryl methyl sites for hydroxylation is 1. The summed E-state index contributed by atoms with van der Waals surface area (Å²) >= 11 is 6.07. The zero-order valence-electron chi connectivity index (χ0n) is 10.1. The van der Waals surface area contributed by atoms with Crippen molar-refractivity contribution in [3.8, 4) is 5.75 Å². The van der Waals surface area contributed by atoms with Gasteiger partial charge in [0.2, 0.25) is 0 Å². The summed E-state index contributed by atoms with van der Waals surface area (Å²) in [4.78, 5) is 0. The molecule has 1 rings (SSSR count). The van der Waals surface area contributed by atoms with E-state index >= 15 is 0 Å². The summed E-state index contributed by atoms with van der Waals surface area (Å²) in [6.07, 6.45) is 1.06. The number of hydrogen-bond donors (Lipinski definition) is 2. The molecular formula is C12H19ClN2O. The third-order valence-corrected chi connectivity index (χ3v) is 2.81. The summed E-state index contributed by atoms with van der Waals surface area (Å²) in [7, 11) is 3.62. The van der Waals surface area contributed by atoms with Gasteiger partial charge < -0.3 is 15.4 Å². The molecule has 1 aromatic carbocycles. The molecule has 2 N–H and O–H groups in total. The van der Waals surface area contributed by atoms with Gasteiger partial charge in [-0.3, -0.25) is 0 Å². The highest BCUT2D eigenvalue weighted by Gasteiger charge is 2.05. The molecule has 0 heterocycles. The third-order valence-electron chi connectivity index (χ3n) is 2.40. The fourth-order valence-corrected chi connectivity index (χ4v) is 1.61. The van der Waals surface area contributed by atoms with Gasteiger partial charge in [-0.2, -0.15) is 0 Å². The number of anilines is 1. The summed E-state index contributed by atoms with van der Waals surface area (Å²) in [5.41, 5.74) is 1.98. The average Bonchev–Trinajstić information content (AvgIpc) is 2.28. The molecule has 0 bridgehead atoms. The van der Waals surface area contributed by atoms with Crippen LogP contribution >= 0.6 is 11.6 Å². The largest absolute Gasteiger partial charge is 0.495 e. The molecule has 3 nitrogen and oxygen atoms in total. The molecule has 0 aliphatic rings. The Bertz CT molecular complexity index is 342. The van der Waals surface area contributed by atoms with Crippen LogP contribution < -0.4 is 15.4 Å². The van der Waals surface area contributed by atoms with Crippen LogP contribution in [-0.4, -0.2) is 27.2 Å². The van der Waals surface area contributed by atoms with Gasteiger partial charge in [0.25, 0.3) is 0 Å². The minimum atomic E-state index is 0.761. The van der Waals surface area contributed by atoms with Gasteiger partial charge in [0.15, 0.2) is 0 Å². The van der Waals surface area contributed by atoms with Crippen LogP contribution in [0.1, 0.15) is 12.0 Å². The molecule has 0 aromatic heterocycles. The lowest BCUT2D eigenvalue weighted by Crippen LogP contribution is -2.13. The van der Waals surface area contributed by atoms with Crippen LogP contribution in [0.5, 0.6) is 5.75 Å². The SMILES string of the molecule is CNCCCNc1cc(Cl)c(C)cc1OC. The normalized spacial score (nSPS) is 10.2. The van der Waals surface area contributed by atoms with E-state index in [9.17, 15) is 0 Å².